The fourth-order valence-electron chi connectivity index (χ4n) is 4.69. The maximum Gasteiger partial charge on any atom is 0.339 e. The van der Waals surface area contributed by atoms with Gasteiger partial charge in [-0.25, -0.2) is 9.59 Å². The topological polar surface area (TPSA) is 145 Å². The van der Waals surface area contributed by atoms with Gasteiger partial charge in [0.15, 0.2) is 0 Å². The molecule has 0 unspecified atom stereocenters. The Bertz CT molecular complexity index is 1560. The van der Waals surface area contributed by atoms with Gasteiger partial charge in [0.05, 0.1) is 33.4 Å². The number of fused-ring (bicyclic) bond motifs is 2. The van der Waals surface area contributed by atoms with Crippen molar-refractivity contribution in [2.75, 3.05) is 13.2 Å². The molecular formula is C30H20N2O8. The lowest BCUT2D eigenvalue weighted by Crippen LogP contribution is -2.20. The summed E-state index contributed by atoms with van der Waals surface area (Å²) in [7, 11) is 0. The van der Waals surface area contributed by atoms with E-state index in [1.54, 1.807) is 24.3 Å². The summed E-state index contributed by atoms with van der Waals surface area (Å²) < 4.78 is 10.4. The van der Waals surface area contributed by atoms with Crippen LogP contribution in [0.15, 0.2) is 73.8 Å². The largest absolute Gasteiger partial charge is 0.458 e. The Kier molecular flexibility index (Phi) is 6.66. The zero-order valence-corrected chi connectivity index (χ0v) is 20.9. The number of hydrogen-bond acceptors (Lipinski definition) is 8. The van der Waals surface area contributed by atoms with E-state index >= 15 is 0 Å². The summed E-state index contributed by atoms with van der Waals surface area (Å²) in [5, 5.41) is 4.46. The zero-order chi connectivity index (χ0) is 28.6. The lowest BCUT2D eigenvalue weighted by molar-refractivity contribution is 0.0541. The van der Waals surface area contributed by atoms with Crippen molar-refractivity contribution in [1.29, 1.82) is 0 Å². The minimum Gasteiger partial charge on any atom is -0.458 e. The summed E-state index contributed by atoms with van der Waals surface area (Å²) in [4.78, 5) is 75.8. The highest BCUT2D eigenvalue weighted by atomic mass is 16.5. The fourth-order valence-corrected chi connectivity index (χ4v) is 4.69. The first kappa shape index (κ1) is 26.0. The normalized spacial score (nSPS) is 13.2. The molecule has 2 aliphatic heterocycles. The first-order valence-corrected chi connectivity index (χ1v) is 12.0. The maximum absolute atomic E-state index is 12.9. The van der Waals surface area contributed by atoms with Crippen LogP contribution in [0, 0.1) is 0 Å². The van der Waals surface area contributed by atoms with Crippen LogP contribution in [-0.2, 0) is 9.47 Å². The van der Waals surface area contributed by atoms with E-state index in [9.17, 15) is 28.8 Å². The summed E-state index contributed by atoms with van der Waals surface area (Å²) in [5.74, 6) is -3.97. The van der Waals surface area contributed by atoms with Crippen molar-refractivity contribution in [2.45, 2.75) is 0 Å². The van der Waals surface area contributed by atoms with E-state index in [2.05, 4.69) is 23.8 Å². The number of amides is 4. The molecule has 4 amide bonds. The van der Waals surface area contributed by atoms with Crippen LogP contribution in [-0.4, -0.2) is 48.8 Å². The summed E-state index contributed by atoms with van der Waals surface area (Å²) >= 11 is 0. The lowest BCUT2D eigenvalue weighted by atomic mass is 9.88. The third kappa shape index (κ3) is 4.27. The number of imide groups is 2. The molecule has 0 atom stereocenters. The molecule has 3 aromatic rings. The van der Waals surface area contributed by atoms with E-state index in [4.69, 9.17) is 9.47 Å². The first-order valence-electron chi connectivity index (χ1n) is 12.0. The predicted molar refractivity (Wildman–Crippen MR) is 142 cm³/mol. The van der Waals surface area contributed by atoms with Crippen LogP contribution in [0.4, 0.5) is 0 Å². The van der Waals surface area contributed by atoms with Crippen molar-refractivity contribution in [1.82, 2.24) is 10.6 Å². The summed E-state index contributed by atoms with van der Waals surface area (Å²) in [6.07, 6.45) is 2.79. The zero-order valence-electron chi connectivity index (χ0n) is 20.9. The average Bonchev–Trinajstić information content (AvgIpc) is 3.42. The van der Waals surface area contributed by atoms with Gasteiger partial charge in [0.1, 0.15) is 13.2 Å². The Balaban J connectivity index is 1.67. The summed E-state index contributed by atoms with van der Waals surface area (Å²) in [5.41, 5.74) is 1.49. The Labute approximate surface area is 227 Å². The monoisotopic (exact) mass is 536 g/mol. The van der Waals surface area contributed by atoms with Crippen molar-refractivity contribution in [3.05, 3.63) is 107 Å². The number of esters is 2. The van der Waals surface area contributed by atoms with Gasteiger partial charge in [-0.2, -0.15) is 0 Å². The second kappa shape index (κ2) is 10.3. The molecular weight excluding hydrogens is 516 g/mol. The van der Waals surface area contributed by atoms with Gasteiger partial charge >= 0.3 is 11.9 Å². The second-order valence-corrected chi connectivity index (χ2v) is 8.74. The van der Waals surface area contributed by atoms with Crippen LogP contribution in [0.5, 0.6) is 0 Å². The summed E-state index contributed by atoms with van der Waals surface area (Å²) in [6, 6.07) is 11.8. The van der Waals surface area contributed by atoms with Crippen LogP contribution in [0.25, 0.3) is 22.3 Å². The molecule has 2 N–H and O–H groups in total. The van der Waals surface area contributed by atoms with Crippen LogP contribution < -0.4 is 10.6 Å². The first-order chi connectivity index (χ1) is 19.3. The molecule has 0 bridgehead atoms. The van der Waals surface area contributed by atoms with Crippen LogP contribution in [0.2, 0.25) is 0 Å². The molecule has 2 aliphatic rings. The lowest BCUT2D eigenvalue weighted by Gasteiger charge is -2.15. The average molecular weight is 536 g/mol. The molecule has 0 aliphatic carbocycles. The molecule has 0 spiro atoms. The molecule has 5 rings (SSSR count). The Morgan fingerprint density at radius 2 is 0.950 bits per heavy atom. The summed E-state index contributed by atoms with van der Waals surface area (Å²) in [6.45, 7) is 6.91. The van der Waals surface area contributed by atoms with E-state index in [0.717, 1.165) is 0 Å². The molecule has 10 nitrogen and oxygen atoms in total. The highest BCUT2D eigenvalue weighted by molar-refractivity contribution is 6.26. The third-order valence-electron chi connectivity index (χ3n) is 6.37. The SMILES string of the molecule is C=CCOC(=O)c1ccc2c(c1-c1ccc(-c3c(C(=O)OCC=C)ccc4c3C(=O)NC4=O)cc1)C(=O)NC2=O. The van der Waals surface area contributed by atoms with Crippen molar-refractivity contribution in [3.8, 4) is 22.3 Å². The molecule has 0 radical (unpaired) electrons. The molecule has 40 heavy (non-hydrogen) atoms. The Morgan fingerprint density at radius 1 is 0.575 bits per heavy atom. The van der Waals surface area contributed by atoms with E-state index in [1.807, 2.05) is 0 Å². The van der Waals surface area contributed by atoms with Gasteiger partial charge in [-0.05, 0) is 35.4 Å². The molecule has 198 valence electrons. The van der Waals surface area contributed by atoms with Gasteiger partial charge < -0.3 is 9.47 Å². The molecule has 0 aromatic heterocycles. The molecule has 10 heteroatoms. The molecule has 0 fully saturated rings. The van der Waals surface area contributed by atoms with Crippen molar-refractivity contribution in [3.63, 3.8) is 0 Å². The van der Waals surface area contributed by atoms with Crippen molar-refractivity contribution < 1.29 is 38.2 Å². The van der Waals surface area contributed by atoms with Gasteiger partial charge in [0.2, 0.25) is 0 Å². The molecule has 0 saturated heterocycles. The van der Waals surface area contributed by atoms with Crippen molar-refractivity contribution >= 4 is 35.6 Å². The molecule has 2 heterocycles. The van der Waals surface area contributed by atoms with E-state index < -0.39 is 35.6 Å². The maximum atomic E-state index is 12.9. The van der Waals surface area contributed by atoms with Crippen LogP contribution in [0.1, 0.15) is 62.1 Å². The van der Waals surface area contributed by atoms with Gasteiger partial charge in [0.25, 0.3) is 23.6 Å². The number of carbonyl (C=O) groups is 6. The fraction of sp³-hybridized carbons (Fsp3) is 0.0667. The third-order valence-corrected chi connectivity index (χ3v) is 6.37. The smallest absolute Gasteiger partial charge is 0.339 e. The highest BCUT2D eigenvalue weighted by Crippen LogP contribution is 2.37. The van der Waals surface area contributed by atoms with Gasteiger partial charge in [-0.15, -0.1) is 0 Å². The number of hydrogen-bond donors (Lipinski definition) is 2. The van der Waals surface area contributed by atoms with Gasteiger partial charge in [-0.1, -0.05) is 49.6 Å². The molecule has 0 saturated carbocycles. The molecule has 3 aromatic carbocycles. The number of nitrogens with one attached hydrogen (secondary N) is 2. The van der Waals surface area contributed by atoms with Gasteiger partial charge in [-0.3, -0.25) is 29.8 Å². The van der Waals surface area contributed by atoms with Crippen LogP contribution in [0.3, 0.4) is 0 Å². The number of ether oxygens (including phenoxy) is 2. The predicted octanol–water partition coefficient (Wildman–Crippen LogP) is 3.47. The Hall–Kier alpha value is -5.64. The van der Waals surface area contributed by atoms with E-state index in [0.29, 0.717) is 11.1 Å². The second-order valence-electron chi connectivity index (χ2n) is 8.74. The number of rotatable bonds is 8. The minimum absolute atomic E-state index is 0.0186. The number of benzene rings is 3. The standard InChI is InChI=1S/C30H20N2O8/c1-3-13-39-29(37)19-11-9-17-23(27(35)31-25(17)33)21(19)15-5-7-16(8-6-15)22-20(30(38)40-14-4-2)12-10-18-24(22)28(36)32-26(18)34/h3-12H,1-2,13-14H2,(H,31,33,35)(H,32,34,36). The van der Waals surface area contributed by atoms with E-state index in [1.165, 1.54) is 36.4 Å². The van der Waals surface area contributed by atoms with Crippen LogP contribution >= 0.6 is 0 Å². The minimum atomic E-state index is -0.725. The van der Waals surface area contributed by atoms with Crippen molar-refractivity contribution in [2.24, 2.45) is 0 Å². The number of carbonyl (C=O) groups excluding carboxylic acids is 6. The van der Waals surface area contributed by atoms with Gasteiger partial charge in [0, 0.05) is 11.1 Å². The van der Waals surface area contributed by atoms with E-state index in [-0.39, 0.29) is 57.7 Å². The Morgan fingerprint density at radius 3 is 1.30 bits per heavy atom. The quantitative estimate of drug-likeness (QED) is 0.253. The highest BCUT2D eigenvalue weighted by Gasteiger charge is 2.35.